The van der Waals surface area contributed by atoms with Crippen LogP contribution in [0.4, 0.5) is 0 Å². The fourth-order valence-electron chi connectivity index (χ4n) is 2.73. The summed E-state index contributed by atoms with van der Waals surface area (Å²) in [6.07, 6.45) is 2.93. The lowest BCUT2D eigenvalue weighted by Crippen LogP contribution is -2.10. The number of ether oxygens (including phenoxy) is 1. The van der Waals surface area contributed by atoms with Crippen LogP contribution in [0.5, 0.6) is 0 Å². The Morgan fingerprint density at radius 2 is 1.92 bits per heavy atom. The molecule has 1 aromatic carbocycles. The Morgan fingerprint density at radius 3 is 2.75 bits per heavy atom. The Hall–Kier alpha value is -3.14. The number of pyridine rings is 1. The monoisotopic (exact) mass is 317 g/mol. The van der Waals surface area contributed by atoms with E-state index in [1.807, 2.05) is 55.5 Å². The SMILES string of the molecule is CC(OC(=O)c1cc2ccccc2cn1)c1cc2cccoc-2c1. The summed E-state index contributed by atoms with van der Waals surface area (Å²) in [5.74, 6) is 0.342. The van der Waals surface area contributed by atoms with E-state index in [2.05, 4.69) is 4.98 Å². The third-order valence-corrected chi connectivity index (χ3v) is 4.05. The summed E-state index contributed by atoms with van der Waals surface area (Å²) in [7, 11) is 0. The van der Waals surface area contributed by atoms with Gasteiger partial charge in [0.1, 0.15) is 17.6 Å². The number of carbonyl (C=O) groups excluding carboxylic acids is 1. The second-order valence-electron chi connectivity index (χ2n) is 5.69. The van der Waals surface area contributed by atoms with Gasteiger partial charge in [-0.1, -0.05) is 24.3 Å². The highest BCUT2D eigenvalue weighted by molar-refractivity contribution is 5.93. The van der Waals surface area contributed by atoms with Crippen LogP contribution in [0.1, 0.15) is 29.1 Å². The number of esters is 1. The number of hydrogen-bond donors (Lipinski definition) is 0. The van der Waals surface area contributed by atoms with Gasteiger partial charge in [0.15, 0.2) is 0 Å². The molecule has 1 aliphatic carbocycles. The Labute approximate surface area is 139 Å². The van der Waals surface area contributed by atoms with E-state index < -0.39 is 5.97 Å². The van der Waals surface area contributed by atoms with Gasteiger partial charge in [-0.05, 0) is 48.2 Å². The average Bonchev–Trinajstić information content (AvgIpc) is 3.05. The van der Waals surface area contributed by atoms with Crippen molar-refractivity contribution in [1.82, 2.24) is 4.98 Å². The molecule has 1 aromatic heterocycles. The van der Waals surface area contributed by atoms with E-state index in [4.69, 9.17) is 9.15 Å². The van der Waals surface area contributed by atoms with Crippen molar-refractivity contribution in [3.63, 3.8) is 0 Å². The summed E-state index contributed by atoms with van der Waals surface area (Å²) in [6.45, 7) is 1.84. The Bertz CT molecular complexity index is 959. The van der Waals surface area contributed by atoms with E-state index in [-0.39, 0.29) is 6.10 Å². The van der Waals surface area contributed by atoms with Crippen LogP contribution >= 0.6 is 0 Å². The smallest absolute Gasteiger partial charge is 0.357 e. The molecular formula is C20H15NO3. The van der Waals surface area contributed by atoms with Crippen molar-refractivity contribution >= 4 is 16.7 Å². The minimum absolute atomic E-state index is 0.307. The van der Waals surface area contributed by atoms with E-state index >= 15 is 0 Å². The van der Waals surface area contributed by atoms with Gasteiger partial charge in [0.25, 0.3) is 0 Å². The normalized spacial score (nSPS) is 12.4. The quantitative estimate of drug-likeness (QED) is 0.507. The summed E-state index contributed by atoms with van der Waals surface area (Å²) in [5, 5.41) is 1.95. The minimum atomic E-state index is -0.435. The maximum Gasteiger partial charge on any atom is 0.357 e. The molecule has 2 heterocycles. The summed E-state index contributed by atoms with van der Waals surface area (Å²) in [4.78, 5) is 16.6. The van der Waals surface area contributed by atoms with E-state index in [0.717, 1.165) is 27.7 Å². The molecule has 4 rings (SSSR count). The fourth-order valence-corrected chi connectivity index (χ4v) is 2.73. The molecule has 2 aliphatic rings. The second kappa shape index (κ2) is 5.81. The molecule has 0 fully saturated rings. The van der Waals surface area contributed by atoms with Gasteiger partial charge in [0.05, 0.1) is 6.26 Å². The summed E-state index contributed by atoms with van der Waals surface area (Å²) >= 11 is 0. The lowest BCUT2D eigenvalue weighted by Gasteiger charge is -2.11. The molecule has 0 amide bonds. The van der Waals surface area contributed by atoms with Crippen molar-refractivity contribution < 1.29 is 13.9 Å². The summed E-state index contributed by atoms with van der Waals surface area (Å²) < 4.78 is 11.0. The molecule has 0 spiro atoms. The van der Waals surface area contributed by atoms with E-state index in [9.17, 15) is 4.79 Å². The van der Waals surface area contributed by atoms with Crippen molar-refractivity contribution in [3.8, 4) is 11.3 Å². The van der Waals surface area contributed by atoms with Crippen LogP contribution in [0.3, 0.4) is 0 Å². The standard InChI is InChI=1S/C20H15NO3/c1-13(17-9-15-7-4-8-23-19(15)11-17)24-20(22)18-10-14-5-2-3-6-16(14)12-21-18/h2-13H,1H3. The van der Waals surface area contributed by atoms with Gasteiger partial charge in [-0.15, -0.1) is 0 Å². The van der Waals surface area contributed by atoms with Crippen molar-refractivity contribution in [2.45, 2.75) is 13.0 Å². The fraction of sp³-hybridized carbons (Fsp3) is 0.100. The zero-order chi connectivity index (χ0) is 16.5. The molecular weight excluding hydrogens is 302 g/mol. The first kappa shape index (κ1) is 14.5. The third kappa shape index (κ3) is 2.63. The Balaban J connectivity index is 1.57. The van der Waals surface area contributed by atoms with Crippen molar-refractivity contribution in [3.05, 3.63) is 78.3 Å². The molecule has 1 aliphatic heterocycles. The van der Waals surface area contributed by atoms with Gasteiger partial charge < -0.3 is 9.15 Å². The first-order valence-corrected chi connectivity index (χ1v) is 7.74. The van der Waals surface area contributed by atoms with Crippen LogP contribution in [-0.2, 0) is 4.74 Å². The Morgan fingerprint density at radius 1 is 1.08 bits per heavy atom. The van der Waals surface area contributed by atoms with Crippen molar-refractivity contribution in [2.75, 3.05) is 0 Å². The molecule has 0 N–H and O–H groups in total. The first-order chi connectivity index (χ1) is 11.7. The third-order valence-electron chi connectivity index (χ3n) is 4.05. The molecule has 4 heteroatoms. The number of benzene rings is 1. The van der Waals surface area contributed by atoms with Gasteiger partial charge in [-0.3, -0.25) is 0 Å². The predicted octanol–water partition coefficient (Wildman–Crippen LogP) is 4.85. The predicted molar refractivity (Wildman–Crippen MR) is 90.9 cm³/mol. The van der Waals surface area contributed by atoms with Crippen molar-refractivity contribution in [1.29, 1.82) is 0 Å². The van der Waals surface area contributed by atoms with Gasteiger partial charge in [-0.25, -0.2) is 9.78 Å². The van der Waals surface area contributed by atoms with Crippen LogP contribution < -0.4 is 0 Å². The van der Waals surface area contributed by atoms with Crippen LogP contribution in [0.25, 0.3) is 22.1 Å². The number of carbonyl (C=O) groups is 1. The van der Waals surface area contributed by atoms with Gasteiger partial charge in [-0.2, -0.15) is 0 Å². The molecule has 0 bridgehead atoms. The van der Waals surface area contributed by atoms with Crippen molar-refractivity contribution in [2.24, 2.45) is 0 Å². The second-order valence-corrected chi connectivity index (χ2v) is 5.69. The zero-order valence-electron chi connectivity index (χ0n) is 13.1. The molecule has 24 heavy (non-hydrogen) atoms. The zero-order valence-corrected chi connectivity index (χ0v) is 13.1. The highest BCUT2D eigenvalue weighted by atomic mass is 16.5. The van der Waals surface area contributed by atoms with Gasteiger partial charge in [0.2, 0.25) is 0 Å². The van der Waals surface area contributed by atoms with Crippen LogP contribution in [0, 0.1) is 0 Å². The topological polar surface area (TPSA) is 52.3 Å². The molecule has 1 atom stereocenters. The maximum atomic E-state index is 12.4. The number of fused-ring (bicyclic) bond motifs is 2. The number of hydrogen-bond acceptors (Lipinski definition) is 4. The highest BCUT2D eigenvalue weighted by Crippen LogP contribution is 2.30. The average molecular weight is 317 g/mol. The molecule has 0 saturated carbocycles. The van der Waals surface area contributed by atoms with Crippen LogP contribution in [0.2, 0.25) is 0 Å². The maximum absolute atomic E-state index is 12.4. The van der Waals surface area contributed by atoms with E-state index in [1.54, 1.807) is 18.5 Å². The molecule has 0 radical (unpaired) electrons. The van der Waals surface area contributed by atoms with Crippen LogP contribution in [0.15, 0.2) is 71.5 Å². The molecule has 4 nitrogen and oxygen atoms in total. The number of aromatic nitrogens is 1. The Kier molecular flexibility index (Phi) is 3.50. The molecule has 118 valence electrons. The van der Waals surface area contributed by atoms with E-state index in [1.165, 1.54) is 0 Å². The summed E-state index contributed by atoms with van der Waals surface area (Å²) in [5.41, 5.74) is 2.19. The highest BCUT2D eigenvalue weighted by Gasteiger charge is 2.18. The lowest BCUT2D eigenvalue weighted by molar-refractivity contribution is 0.0331. The van der Waals surface area contributed by atoms with E-state index in [0.29, 0.717) is 5.69 Å². The van der Waals surface area contributed by atoms with Gasteiger partial charge in [0, 0.05) is 17.1 Å². The number of nitrogens with zero attached hydrogens (tertiary/aromatic N) is 1. The minimum Gasteiger partial charge on any atom is -0.464 e. The summed E-state index contributed by atoms with van der Waals surface area (Å²) in [6, 6.07) is 17.2. The lowest BCUT2D eigenvalue weighted by atomic mass is 10.1. The van der Waals surface area contributed by atoms with Gasteiger partial charge >= 0.3 is 5.97 Å². The van der Waals surface area contributed by atoms with Crippen LogP contribution in [-0.4, -0.2) is 11.0 Å². The molecule has 2 aromatic rings. The molecule has 1 unspecified atom stereocenters. The molecule has 0 saturated heterocycles. The largest absolute Gasteiger partial charge is 0.464 e. The first-order valence-electron chi connectivity index (χ1n) is 7.74. The number of rotatable bonds is 3.